The number of likely N-dealkylation sites (tertiary alicyclic amines) is 1. The number of aromatic nitrogens is 2. The predicted octanol–water partition coefficient (Wildman–Crippen LogP) is 4.99. The van der Waals surface area contributed by atoms with Crippen LogP contribution in [-0.2, 0) is 28.7 Å². The Hall–Kier alpha value is -5.64. The average molecular weight is 983 g/mol. The fraction of sp³-hybridized carbons (Fsp3) is 0.511. The summed E-state index contributed by atoms with van der Waals surface area (Å²) in [6, 6.07) is 6.48. The number of morpholine rings is 1. The van der Waals surface area contributed by atoms with E-state index in [2.05, 4.69) is 31.2 Å². The number of benzene rings is 2. The lowest BCUT2D eigenvalue weighted by atomic mass is 9.85. The first kappa shape index (κ1) is 50.2. The minimum atomic E-state index is -2.03. The highest BCUT2D eigenvalue weighted by Crippen LogP contribution is 2.41. The molecule has 1 aliphatic carbocycles. The van der Waals surface area contributed by atoms with Gasteiger partial charge in [0.15, 0.2) is 29.0 Å². The molecule has 0 spiro atoms. The van der Waals surface area contributed by atoms with E-state index in [1.807, 2.05) is 24.0 Å². The molecule has 0 radical (unpaired) electrons. The van der Waals surface area contributed by atoms with Gasteiger partial charge in [0.05, 0.1) is 53.6 Å². The number of unbranched alkanes of at least 4 members (excludes halogenated alkanes) is 1. The van der Waals surface area contributed by atoms with E-state index in [-0.39, 0.29) is 50.9 Å². The van der Waals surface area contributed by atoms with Crippen LogP contribution in [0.25, 0.3) is 21.7 Å². The van der Waals surface area contributed by atoms with Crippen molar-refractivity contribution in [3.63, 3.8) is 0 Å². The molecule has 1 unspecified atom stereocenters. The molecule has 21 heteroatoms. The van der Waals surface area contributed by atoms with Gasteiger partial charge in [-0.25, -0.2) is 18.7 Å². The second-order valence-corrected chi connectivity index (χ2v) is 20.0. The third-order valence-corrected chi connectivity index (χ3v) is 13.9. The summed E-state index contributed by atoms with van der Waals surface area (Å²) in [5.74, 6) is -5.87. The van der Waals surface area contributed by atoms with Crippen LogP contribution in [0.1, 0.15) is 76.6 Å². The smallest absolute Gasteiger partial charge is 0.258 e. The normalized spacial score (nSPS) is 18.6. The second-order valence-electron chi connectivity index (χ2n) is 18.3. The van der Waals surface area contributed by atoms with E-state index in [1.54, 1.807) is 43.8 Å². The molecule has 0 bridgehead atoms. The van der Waals surface area contributed by atoms with Crippen molar-refractivity contribution in [1.82, 2.24) is 36.1 Å². The Bertz CT molecular complexity index is 2450. The molecular weight excluding hydrogens is 926 g/mol. The van der Waals surface area contributed by atoms with E-state index < -0.39 is 88.8 Å². The van der Waals surface area contributed by atoms with Gasteiger partial charge in [-0.1, -0.05) is 45.0 Å². The van der Waals surface area contributed by atoms with Crippen molar-refractivity contribution in [2.75, 3.05) is 57.4 Å². The Morgan fingerprint density at radius 1 is 0.971 bits per heavy atom. The van der Waals surface area contributed by atoms with E-state index in [0.29, 0.717) is 55.5 Å². The summed E-state index contributed by atoms with van der Waals surface area (Å²) in [7, 11) is 0. The van der Waals surface area contributed by atoms with Gasteiger partial charge < -0.3 is 45.6 Å². The lowest BCUT2D eigenvalue weighted by molar-refractivity contribution is -0.145. The number of ether oxygens (including phenoxy) is 2. The number of carbonyl (C=O) groups excluding carboxylic acids is 5. The first-order valence-electron chi connectivity index (χ1n) is 22.6. The molecule has 4 heterocycles. The minimum Gasteiger partial charge on any atom is -0.480 e. The van der Waals surface area contributed by atoms with Crippen molar-refractivity contribution >= 4 is 57.3 Å². The zero-order valence-electron chi connectivity index (χ0n) is 38.4. The van der Waals surface area contributed by atoms with Crippen LogP contribution in [0.2, 0.25) is 0 Å². The lowest BCUT2D eigenvalue weighted by Crippen LogP contribution is -2.59. The van der Waals surface area contributed by atoms with Gasteiger partial charge in [0.1, 0.15) is 12.1 Å². The van der Waals surface area contributed by atoms with Crippen LogP contribution in [0.3, 0.4) is 0 Å². The van der Waals surface area contributed by atoms with E-state index in [4.69, 9.17) is 9.47 Å². The van der Waals surface area contributed by atoms with E-state index in [1.165, 1.54) is 33.6 Å². The number of anilines is 1. The van der Waals surface area contributed by atoms with Gasteiger partial charge in [-0.05, 0) is 61.3 Å². The van der Waals surface area contributed by atoms with Gasteiger partial charge in [0.25, 0.3) is 11.8 Å². The maximum atomic E-state index is 15.0. The van der Waals surface area contributed by atoms with Crippen LogP contribution in [0.15, 0.2) is 47.3 Å². The zero-order valence-corrected chi connectivity index (χ0v) is 40.0. The van der Waals surface area contributed by atoms with Crippen LogP contribution in [0.4, 0.5) is 18.3 Å². The second kappa shape index (κ2) is 21.8. The van der Waals surface area contributed by atoms with Gasteiger partial charge in [0.2, 0.25) is 23.5 Å². The van der Waals surface area contributed by atoms with E-state index in [9.17, 15) is 37.9 Å². The number of β-amino-alcohol motifs (C(OH)–C–C–N with tert-alkyl or cyclic N) is 1. The number of rotatable bonds is 19. The summed E-state index contributed by atoms with van der Waals surface area (Å²) in [6.45, 7) is 9.12. The highest BCUT2D eigenvalue weighted by molar-refractivity contribution is 7.14. The number of nitrogens with zero attached hydrogens (tertiary/aromatic N) is 4. The number of aliphatic hydroxyl groups excluding tert-OH is 1. The third-order valence-electron chi connectivity index (χ3n) is 12.1. The average Bonchev–Trinajstić information content (AvgIpc) is 3.61. The van der Waals surface area contributed by atoms with Crippen LogP contribution in [0, 0.1) is 24.0 Å². The predicted molar refractivity (Wildman–Crippen MR) is 250 cm³/mol. The molecule has 2 aliphatic heterocycles. The quantitative estimate of drug-likeness (QED) is 0.0793. The number of halogens is 3. The summed E-state index contributed by atoms with van der Waals surface area (Å²) in [5, 5.41) is 24.2. The summed E-state index contributed by atoms with van der Waals surface area (Å²) in [6.07, 6.45) is -0.300. The Balaban J connectivity index is 0.928. The molecule has 2 aromatic carbocycles. The number of amides is 5. The third kappa shape index (κ3) is 12.3. The van der Waals surface area contributed by atoms with Gasteiger partial charge in [0, 0.05) is 50.1 Å². The van der Waals surface area contributed by atoms with Crippen molar-refractivity contribution in [2.45, 2.75) is 96.1 Å². The fourth-order valence-corrected chi connectivity index (χ4v) is 9.69. The Labute approximate surface area is 400 Å². The first-order chi connectivity index (χ1) is 32.4. The molecule has 5 amide bonds. The van der Waals surface area contributed by atoms with Crippen LogP contribution >= 0.6 is 22.7 Å². The number of alkyl halides is 1. The number of hydrogen-bond donors (Lipinski definition) is 5. The Morgan fingerprint density at radius 3 is 2.31 bits per heavy atom. The number of thiazole rings is 2. The minimum absolute atomic E-state index is 0.0591. The number of aliphatic hydroxyl groups is 1. The topological polar surface area (TPSA) is 204 Å². The van der Waals surface area contributed by atoms with Crippen molar-refractivity contribution in [3.8, 4) is 27.4 Å². The summed E-state index contributed by atoms with van der Waals surface area (Å²) < 4.78 is 55.0. The first-order valence-corrected chi connectivity index (χ1v) is 24.4. The van der Waals surface area contributed by atoms with Crippen molar-refractivity contribution < 1.29 is 51.7 Å². The number of carbonyl (C=O) groups is 5. The van der Waals surface area contributed by atoms with E-state index >= 15 is 4.39 Å². The Morgan fingerprint density at radius 2 is 1.66 bits per heavy atom. The zero-order chi connectivity index (χ0) is 48.8. The molecule has 1 saturated carbocycles. The Kier molecular flexibility index (Phi) is 16.1. The summed E-state index contributed by atoms with van der Waals surface area (Å²) in [5.41, 5.74) is 1.80. The maximum Gasteiger partial charge on any atom is 0.258 e. The molecular formula is C47H57F3N8O8S2. The maximum absolute atomic E-state index is 15.0. The molecule has 16 nitrogen and oxygen atoms in total. The molecule has 3 fully saturated rings. The standard InChI is InChI=1S/C47H57F3N8O8S2/c1-27-40(68-26-53-27)29-9-7-28(8-10-29)33(54-42(62)35-21-30(59)23-58(35)43(63)41(46(2,3)4)56-44(64)47(50)13-14-47)22-36(60)51-15-5-6-16-52-37(61)24-66-39-31(11-12-32(48)38(39)49)34-25-67-45(55-34)57-17-19-65-20-18-57/h7-12,25-26,30,33,35,41,59H,5-6,13-24H2,1-4H3,(H,51,60)(H,52,61)(H,54,62)(H,56,64)/t30-,33+,35+,41?/m1/s1. The molecule has 2 saturated heterocycles. The molecule has 5 N–H and O–H groups in total. The fourth-order valence-electron chi connectivity index (χ4n) is 8.00. The van der Waals surface area contributed by atoms with Gasteiger partial charge >= 0.3 is 0 Å². The van der Waals surface area contributed by atoms with Gasteiger partial charge in [-0.15, -0.1) is 22.7 Å². The lowest BCUT2D eigenvalue weighted by Gasteiger charge is -2.36. The SMILES string of the molecule is Cc1ncsc1-c1ccc([C@H](CC(=O)NCCCCNC(=O)COc2c(-c3csc(N4CCOCC4)n3)ccc(F)c2F)NC(=O)[C@@H]2C[C@@H](O)CN2C(=O)C(NC(=O)C2(F)CC2)C(C)(C)C)cc1. The highest BCUT2D eigenvalue weighted by Gasteiger charge is 2.53. The van der Waals surface area contributed by atoms with Gasteiger partial charge in [-0.2, -0.15) is 4.39 Å². The number of aryl methyl sites for hydroxylation is 1. The van der Waals surface area contributed by atoms with Crippen molar-refractivity contribution in [1.29, 1.82) is 0 Å². The summed E-state index contributed by atoms with van der Waals surface area (Å²) in [4.78, 5) is 80.3. The van der Waals surface area contributed by atoms with E-state index in [0.717, 1.165) is 22.2 Å². The van der Waals surface area contributed by atoms with Crippen LogP contribution in [-0.4, -0.2) is 126 Å². The molecule has 7 rings (SSSR count). The molecule has 3 aliphatic rings. The molecule has 68 heavy (non-hydrogen) atoms. The number of hydrogen-bond acceptors (Lipinski definition) is 13. The number of nitrogens with one attached hydrogen (secondary N) is 4. The van der Waals surface area contributed by atoms with Crippen molar-refractivity contribution in [2.24, 2.45) is 5.41 Å². The van der Waals surface area contributed by atoms with Crippen LogP contribution < -0.4 is 30.9 Å². The highest BCUT2D eigenvalue weighted by atomic mass is 32.1. The summed E-state index contributed by atoms with van der Waals surface area (Å²) >= 11 is 2.83. The molecule has 4 aromatic rings. The van der Waals surface area contributed by atoms with Crippen LogP contribution in [0.5, 0.6) is 5.75 Å². The van der Waals surface area contributed by atoms with Gasteiger partial charge in [-0.3, -0.25) is 24.0 Å². The van der Waals surface area contributed by atoms with Crippen molar-refractivity contribution in [3.05, 3.63) is 70.2 Å². The largest absolute Gasteiger partial charge is 0.480 e. The monoisotopic (exact) mass is 982 g/mol. The molecule has 366 valence electrons. The molecule has 2 aromatic heterocycles. The molecule has 4 atom stereocenters.